The van der Waals surface area contributed by atoms with E-state index >= 15 is 0 Å². The van der Waals surface area contributed by atoms with Crippen LogP contribution in [0.1, 0.15) is 55.4 Å². The number of aliphatic hydroxyl groups excluding tert-OH is 4. The molecule has 0 unspecified atom stereocenters. The van der Waals surface area contributed by atoms with Gasteiger partial charge in [0.15, 0.2) is 0 Å². The molecule has 0 aromatic carbocycles. The molecule has 134 valence electrons. The van der Waals surface area contributed by atoms with E-state index in [0.29, 0.717) is 50.1 Å². The van der Waals surface area contributed by atoms with Crippen molar-refractivity contribution in [1.82, 2.24) is 0 Å². The Hall–Kier alpha value is 0.528. The Morgan fingerprint density at radius 2 is 0.476 bits per heavy atom. The van der Waals surface area contributed by atoms with E-state index in [2.05, 4.69) is 0 Å². The van der Waals surface area contributed by atoms with E-state index in [-0.39, 0.29) is 21.1 Å². The van der Waals surface area contributed by atoms with Crippen LogP contribution in [0.15, 0.2) is 0 Å². The van der Waals surface area contributed by atoms with Gasteiger partial charge in [0.1, 0.15) is 0 Å². The van der Waals surface area contributed by atoms with Crippen LogP contribution in [0.25, 0.3) is 0 Å². The van der Waals surface area contributed by atoms with Crippen molar-refractivity contribution in [2.75, 3.05) is 26.4 Å². The summed E-state index contributed by atoms with van der Waals surface area (Å²) in [5, 5.41) is 32.6. The zero-order chi connectivity index (χ0) is 17.1. The molecule has 0 saturated heterocycles. The molecule has 4 N–H and O–H groups in total. The minimum absolute atomic E-state index is 0. The Morgan fingerprint density at radius 1 is 0.429 bits per heavy atom. The second-order valence-electron chi connectivity index (χ2n) is 6.31. The second kappa shape index (κ2) is 28.7. The maximum Gasteiger partial charge on any atom is 0.0453 e. The average molecular weight is 392 g/mol. The molecule has 0 aromatic heterocycles. The third-order valence-electron chi connectivity index (χ3n) is 1.46. The summed E-state index contributed by atoms with van der Waals surface area (Å²) >= 11 is 0. The first-order valence-electron chi connectivity index (χ1n) is 7.52. The fourth-order valence-electron chi connectivity index (χ4n) is 0. The van der Waals surface area contributed by atoms with Gasteiger partial charge in [-0.2, -0.15) is 0 Å². The Morgan fingerprint density at radius 3 is 0.476 bits per heavy atom. The van der Waals surface area contributed by atoms with Gasteiger partial charge in [-0.25, -0.2) is 0 Å². The molecule has 0 heterocycles. The smallest absolute Gasteiger partial charge is 0.0453 e. The summed E-state index contributed by atoms with van der Waals surface area (Å²) in [4.78, 5) is 0. The Labute approximate surface area is 147 Å². The van der Waals surface area contributed by atoms with Crippen LogP contribution in [0.2, 0.25) is 0 Å². The normalized spacial score (nSPS) is 9.14. The zero-order valence-corrected chi connectivity index (χ0v) is 17.3. The first kappa shape index (κ1) is 33.2. The van der Waals surface area contributed by atoms with E-state index in [1.165, 1.54) is 0 Å². The average Bonchev–Trinajstić information content (AvgIpc) is 2.40. The third-order valence-corrected chi connectivity index (χ3v) is 1.46. The fourth-order valence-corrected chi connectivity index (χ4v) is 0. The van der Waals surface area contributed by atoms with Gasteiger partial charge in [-0.05, 0) is 23.7 Å². The number of hydrogen-bond donors (Lipinski definition) is 4. The second-order valence-corrected chi connectivity index (χ2v) is 6.31. The molecule has 4 nitrogen and oxygen atoms in total. The van der Waals surface area contributed by atoms with Crippen LogP contribution in [-0.2, 0) is 21.1 Å². The molecule has 21 heavy (non-hydrogen) atoms. The van der Waals surface area contributed by atoms with Crippen molar-refractivity contribution in [3.05, 3.63) is 0 Å². The molecule has 0 aromatic rings. The maximum atomic E-state index is 8.14. The molecule has 0 spiro atoms. The molecule has 0 aliphatic heterocycles. The van der Waals surface area contributed by atoms with Crippen LogP contribution >= 0.6 is 0 Å². The number of hydrogen-bond acceptors (Lipinski definition) is 4. The Bertz CT molecular complexity index is 108. The quantitative estimate of drug-likeness (QED) is 0.555. The van der Waals surface area contributed by atoms with E-state index in [0.717, 1.165) is 0 Å². The van der Waals surface area contributed by atoms with Crippen LogP contribution in [0.5, 0.6) is 0 Å². The summed E-state index contributed by atoms with van der Waals surface area (Å²) in [6.45, 7) is 17.0. The molecule has 0 aliphatic carbocycles. The molecule has 5 heteroatoms. The van der Waals surface area contributed by atoms with Crippen LogP contribution < -0.4 is 0 Å². The SMILES string of the molecule is CC(C)CO.CC(C)CO.CC(C)CO.CC(C)CO.[Mo]. The topological polar surface area (TPSA) is 80.9 Å². The van der Waals surface area contributed by atoms with Gasteiger partial charge in [0.2, 0.25) is 0 Å². The molecule has 0 radical (unpaired) electrons. The van der Waals surface area contributed by atoms with Crippen LogP contribution in [0, 0.1) is 23.7 Å². The van der Waals surface area contributed by atoms with E-state index in [1.54, 1.807) is 0 Å². The minimum atomic E-state index is 0. The largest absolute Gasteiger partial charge is 0.396 e. The third kappa shape index (κ3) is 96.9. The predicted molar refractivity (Wildman–Crippen MR) is 87.7 cm³/mol. The number of aliphatic hydroxyl groups is 4. The summed E-state index contributed by atoms with van der Waals surface area (Å²) in [5.41, 5.74) is 0. The van der Waals surface area contributed by atoms with Gasteiger partial charge in [-0.15, -0.1) is 0 Å². The van der Waals surface area contributed by atoms with Crippen molar-refractivity contribution in [3.63, 3.8) is 0 Å². The van der Waals surface area contributed by atoms with Gasteiger partial charge in [0, 0.05) is 47.5 Å². The van der Waals surface area contributed by atoms with E-state index in [4.69, 9.17) is 20.4 Å². The molecule has 0 amide bonds. The van der Waals surface area contributed by atoms with Crippen LogP contribution in [-0.4, -0.2) is 46.9 Å². The van der Waals surface area contributed by atoms with Crippen LogP contribution in [0.3, 0.4) is 0 Å². The summed E-state index contributed by atoms with van der Waals surface area (Å²) in [6, 6.07) is 0. The van der Waals surface area contributed by atoms with Crippen molar-refractivity contribution in [1.29, 1.82) is 0 Å². The molecular weight excluding hydrogens is 352 g/mol. The monoisotopic (exact) mass is 394 g/mol. The fraction of sp³-hybridized carbons (Fsp3) is 1.00. The van der Waals surface area contributed by atoms with Gasteiger partial charge in [0.25, 0.3) is 0 Å². The minimum Gasteiger partial charge on any atom is -0.396 e. The molecule has 0 saturated carbocycles. The van der Waals surface area contributed by atoms with Crippen molar-refractivity contribution < 1.29 is 41.5 Å². The molecule has 0 aliphatic rings. The summed E-state index contributed by atoms with van der Waals surface area (Å²) in [6.07, 6.45) is 0. The summed E-state index contributed by atoms with van der Waals surface area (Å²) in [7, 11) is 0. The maximum absolute atomic E-state index is 8.14. The van der Waals surface area contributed by atoms with Gasteiger partial charge in [0.05, 0.1) is 0 Å². The van der Waals surface area contributed by atoms with Gasteiger partial charge in [-0.3, -0.25) is 0 Å². The summed E-state index contributed by atoms with van der Waals surface area (Å²) in [5.74, 6) is 1.76. The van der Waals surface area contributed by atoms with Crippen molar-refractivity contribution in [3.8, 4) is 0 Å². The first-order valence-corrected chi connectivity index (χ1v) is 7.52. The van der Waals surface area contributed by atoms with E-state index in [9.17, 15) is 0 Å². The molecule has 0 atom stereocenters. The van der Waals surface area contributed by atoms with Gasteiger partial charge >= 0.3 is 0 Å². The molecule has 0 bridgehead atoms. The molecular formula is C16H40MoO4. The van der Waals surface area contributed by atoms with Crippen LogP contribution in [0.4, 0.5) is 0 Å². The van der Waals surface area contributed by atoms with E-state index < -0.39 is 0 Å². The molecule has 0 rings (SSSR count). The van der Waals surface area contributed by atoms with Gasteiger partial charge < -0.3 is 20.4 Å². The van der Waals surface area contributed by atoms with Crippen molar-refractivity contribution >= 4 is 0 Å². The predicted octanol–water partition coefficient (Wildman–Crippen LogP) is 2.54. The van der Waals surface area contributed by atoms with Gasteiger partial charge in [-0.1, -0.05) is 55.4 Å². The zero-order valence-electron chi connectivity index (χ0n) is 15.3. The number of rotatable bonds is 4. The van der Waals surface area contributed by atoms with Crippen molar-refractivity contribution in [2.45, 2.75) is 55.4 Å². The standard InChI is InChI=1S/4C4H10O.Mo/c4*1-4(2)3-5;/h4*4-5H,3H2,1-2H3;. The first-order chi connectivity index (χ1) is 9.08. The van der Waals surface area contributed by atoms with Crippen molar-refractivity contribution in [2.24, 2.45) is 23.7 Å². The summed E-state index contributed by atoms with van der Waals surface area (Å²) < 4.78 is 0. The Balaban J connectivity index is -0.0000000533. The molecule has 0 fully saturated rings. The van der Waals surface area contributed by atoms with E-state index in [1.807, 2.05) is 55.4 Å². The Kier molecular flexibility index (Phi) is 45.3.